The first kappa shape index (κ1) is 103. The largest absolute Gasteiger partial charge is 0.451 e. The minimum Gasteiger partial charge on any atom is -0.451 e. The lowest BCUT2D eigenvalue weighted by Crippen LogP contribution is -2.37. The van der Waals surface area contributed by atoms with Crippen molar-refractivity contribution in [1.29, 1.82) is 31.6 Å². The zero-order valence-electron chi connectivity index (χ0n) is 84.2. The molecule has 0 unspecified atom stereocenters. The van der Waals surface area contributed by atoms with E-state index < -0.39 is 33.2 Å². The summed E-state index contributed by atoms with van der Waals surface area (Å²) in [4.78, 5) is 82.8. The zero-order chi connectivity index (χ0) is 104. The molecule has 0 aromatic carbocycles. The van der Waals surface area contributed by atoms with Gasteiger partial charge in [0.2, 0.25) is 11.7 Å². The van der Waals surface area contributed by atoms with Gasteiger partial charge in [0, 0.05) is 18.1 Å². The van der Waals surface area contributed by atoms with Gasteiger partial charge in [-0.2, -0.15) is 31.6 Å². The van der Waals surface area contributed by atoms with Crippen LogP contribution in [0.5, 0.6) is 0 Å². The summed E-state index contributed by atoms with van der Waals surface area (Å²) in [5.74, 6) is 1.12. The summed E-state index contributed by atoms with van der Waals surface area (Å²) in [5.41, 5.74) is 2.09. The summed E-state index contributed by atoms with van der Waals surface area (Å²) in [5, 5.41) is 136. The first-order valence-electron chi connectivity index (χ1n) is 53.7. The quantitative estimate of drug-likeness (QED) is 0.0243. The number of amides is 6. The molecule has 11 heterocycles. The summed E-state index contributed by atoms with van der Waals surface area (Å²) in [7, 11) is 0. The number of nitrogens with one attached hydrogen (secondary N) is 6. The minimum absolute atomic E-state index is 0.0453. The molecule has 784 valence electrons. The standard InChI is InChI=1S/C19H27N5O.5C17H20N6O2/c20-13-19(10-11-19)24-12-16(22-23-24)17(14-6-2-1-3-7-14)21-18(25)15-8-4-5-9-15;18-11-17(7-8-17)23-10-13(21-22-23)15(12-4-2-1-3-5-12)20-16(24)14-6-9-19-25-14;18-11-17(7-8-17)23-10-14(20-22-23)15(12-4-2-1-3-5-12)19-16(24)13-6-9-25-21-13;18-10-17(6-7-17)23-8-13(21-22-23)15(12-4-2-1-3-5-12)20-16(24)14-9-25-11-19-14;18-11-17(6-7-17)23-9-14(21-22-23)15(12-4-2-1-3-5-12)20-16(24)13-8-19-25-10-13;18-11-17(6-7-17)23-10-13(21-22-23)14(12-4-2-1-3-5-12)20-15(24)16-19-8-9-25-16/h12,14-15,17H,1-11H2,(H,21,25);6,9-10,12,15H,1-5,7-8H2,(H,20,24);6,9-10,12,15H,1-5,7-8H2,(H,19,24);8-9,11-12,15H,1-7H2,(H,20,24);8-10,12,15H,1-7H2,(H,20,24);8-10,12,14H,1-7H2,(H,20,24)/t17-;4*15-;14-/m000000/s1. The van der Waals surface area contributed by atoms with Gasteiger partial charge in [0.1, 0.15) is 59.2 Å². The predicted octanol–water partition coefficient (Wildman–Crippen LogP) is 14.9. The van der Waals surface area contributed by atoms with E-state index in [4.69, 9.17) is 22.4 Å². The highest BCUT2D eigenvalue weighted by Crippen LogP contribution is 2.50. The second kappa shape index (κ2) is 46.6. The number of nitriles is 6. The molecular weight excluding hydrogens is 1920 g/mol. The molecule has 11 aromatic heterocycles. The monoisotopic (exact) mass is 2040 g/mol. The highest BCUT2D eigenvalue weighted by molar-refractivity contribution is 5.94. The summed E-state index contributed by atoms with van der Waals surface area (Å²) in [6.45, 7) is 0. The van der Waals surface area contributed by atoms with Crippen LogP contribution in [0.25, 0.3) is 0 Å². The Balaban J connectivity index is 0.000000113. The molecule has 6 amide bonds. The summed E-state index contributed by atoms with van der Waals surface area (Å²) in [6.07, 6.45) is 70.0. The molecule has 6 N–H and O–H groups in total. The normalized spacial score (nSPS) is 21.3. The molecule has 0 bridgehead atoms. The Kier molecular flexibility index (Phi) is 32.1. The average molecular weight is 2040 g/mol. The molecule has 46 nitrogen and oxygen atoms in total. The van der Waals surface area contributed by atoms with E-state index in [1.807, 2.05) is 37.2 Å². The maximum Gasteiger partial charge on any atom is 0.307 e. The number of carbonyl (C=O) groups excluding carboxylic acids is 6. The zero-order valence-corrected chi connectivity index (χ0v) is 84.2. The summed E-state index contributed by atoms with van der Waals surface area (Å²) in [6, 6.07) is 15.8. The third-order valence-electron chi connectivity index (χ3n) is 32.7. The third-order valence-corrected chi connectivity index (χ3v) is 32.7. The van der Waals surface area contributed by atoms with Crippen molar-refractivity contribution in [3.8, 4) is 36.4 Å². The van der Waals surface area contributed by atoms with Gasteiger partial charge in [0.25, 0.3) is 29.5 Å². The lowest BCUT2D eigenvalue weighted by atomic mass is 9.82. The molecule has 13 aliphatic carbocycles. The van der Waals surface area contributed by atoms with Crippen molar-refractivity contribution in [3.63, 3.8) is 0 Å². The van der Waals surface area contributed by atoms with Gasteiger partial charge in [-0.05, 0) is 202 Å². The minimum atomic E-state index is -0.547. The van der Waals surface area contributed by atoms with Crippen LogP contribution < -0.4 is 31.9 Å². The fraction of sp³-hybridized carbons (Fsp3) is 0.625. The van der Waals surface area contributed by atoms with E-state index in [2.05, 4.69) is 156 Å². The van der Waals surface area contributed by atoms with Crippen LogP contribution in [0, 0.1) is 109 Å². The van der Waals surface area contributed by atoms with Gasteiger partial charge >= 0.3 is 5.91 Å². The molecule has 46 heteroatoms. The summed E-state index contributed by atoms with van der Waals surface area (Å²) < 4.78 is 34.5. The van der Waals surface area contributed by atoms with E-state index in [-0.39, 0.29) is 101 Å². The molecule has 13 saturated carbocycles. The first-order chi connectivity index (χ1) is 73.3. The molecule has 0 saturated heterocycles. The molecule has 13 aliphatic rings. The van der Waals surface area contributed by atoms with Crippen molar-refractivity contribution >= 4 is 35.4 Å². The average Bonchev–Trinajstić information content (AvgIpc) is 1.63. The van der Waals surface area contributed by atoms with Crippen LogP contribution in [0.2, 0.25) is 0 Å². The molecule has 0 radical (unpaired) electrons. The molecule has 0 spiro atoms. The second-order valence-electron chi connectivity index (χ2n) is 42.9. The van der Waals surface area contributed by atoms with Gasteiger partial charge in [-0.15, -0.1) is 30.6 Å². The number of aromatic nitrogens is 23. The van der Waals surface area contributed by atoms with E-state index in [1.165, 1.54) is 101 Å². The van der Waals surface area contributed by atoms with Gasteiger partial charge in [-0.3, -0.25) is 28.8 Å². The molecule has 13 fully saturated rings. The lowest BCUT2D eigenvalue weighted by Gasteiger charge is -2.30. The van der Waals surface area contributed by atoms with Crippen LogP contribution in [0.15, 0.2) is 122 Å². The Morgan fingerprint density at radius 2 is 0.640 bits per heavy atom. The van der Waals surface area contributed by atoms with Crippen molar-refractivity contribution in [2.24, 2.45) is 41.4 Å². The SMILES string of the molecule is N#CC1(n2cc([C@@H](NC(=O)C3CCCC3)C3CCCCC3)nn2)CC1.N#CC1(n2cc([C@@H](NC(=O)c3ccno3)C3CCCCC3)nn2)CC1.N#CC1(n2cc([C@@H](NC(=O)c3ccon3)C3CCCCC3)nn2)CC1.N#CC1(n2cc([C@@H](NC(=O)c3cnoc3)C3CCCCC3)nn2)CC1.N#CC1(n2cc([C@@H](NC(=O)c3cocn3)C3CCCCC3)nn2)CC1.N#CC1(n2cc([C@@H](NC(=O)c3ncco3)C3CCCCC3)nn2)CC1. The molecule has 6 atom stereocenters. The fourth-order valence-electron chi connectivity index (χ4n) is 22.4. The van der Waals surface area contributed by atoms with Crippen molar-refractivity contribution in [2.45, 2.75) is 365 Å². The van der Waals surface area contributed by atoms with Crippen LogP contribution in [0.1, 0.15) is 418 Å². The highest BCUT2D eigenvalue weighted by atomic mass is 16.5. The smallest absolute Gasteiger partial charge is 0.307 e. The fourth-order valence-corrected chi connectivity index (χ4v) is 22.4. The van der Waals surface area contributed by atoms with Crippen molar-refractivity contribution in [2.75, 3.05) is 0 Å². The van der Waals surface area contributed by atoms with E-state index in [0.29, 0.717) is 63.8 Å². The van der Waals surface area contributed by atoms with Crippen LogP contribution in [0.4, 0.5) is 0 Å². The van der Waals surface area contributed by atoms with Crippen LogP contribution in [-0.4, -0.2) is 151 Å². The van der Waals surface area contributed by atoms with Gasteiger partial charge in [-0.25, -0.2) is 38.1 Å². The maximum atomic E-state index is 12.7. The maximum absolute atomic E-state index is 12.7. The Bertz CT molecular complexity index is 5820. The number of rotatable bonds is 30. The van der Waals surface area contributed by atoms with Crippen LogP contribution >= 0.6 is 0 Å². The Hall–Kier alpha value is -15.3. The molecular formula is C104H127N35O11. The van der Waals surface area contributed by atoms with Gasteiger partial charge in [0.05, 0.1) is 134 Å². The molecule has 11 aromatic rings. The number of hydrogen-bond acceptors (Lipinski definition) is 34. The second-order valence-corrected chi connectivity index (χ2v) is 42.9. The van der Waals surface area contributed by atoms with Crippen molar-refractivity contribution in [1.82, 2.24) is 147 Å². The Morgan fingerprint density at radius 1 is 0.327 bits per heavy atom. The third kappa shape index (κ3) is 24.1. The number of nitrogens with zero attached hydrogens (tertiary/aromatic N) is 29. The van der Waals surface area contributed by atoms with Crippen LogP contribution in [0.3, 0.4) is 0 Å². The highest BCUT2D eigenvalue weighted by Gasteiger charge is 2.53. The number of carbonyl (C=O) groups is 6. The molecule has 24 rings (SSSR count). The van der Waals surface area contributed by atoms with E-state index in [9.17, 15) is 60.3 Å². The number of oxazole rings is 2. The molecule has 150 heavy (non-hydrogen) atoms. The van der Waals surface area contributed by atoms with Gasteiger partial charge in [0.15, 0.2) is 51.0 Å². The lowest BCUT2D eigenvalue weighted by molar-refractivity contribution is -0.126. The van der Waals surface area contributed by atoms with E-state index >= 15 is 0 Å². The van der Waals surface area contributed by atoms with E-state index in [0.717, 1.165) is 255 Å². The Labute approximate surface area is 865 Å². The number of hydrogen-bond donors (Lipinski definition) is 6. The first-order valence-corrected chi connectivity index (χ1v) is 53.7. The Morgan fingerprint density at radius 3 is 0.913 bits per heavy atom. The van der Waals surface area contributed by atoms with E-state index in [1.54, 1.807) is 40.2 Å². The molecule has 0 aliphatic heterocycles. The summed E-state index contributed by atoms with van der Waals surface area (Å²) >= 11 is 0. The predicted molar refractivity (Wildman–Crippen MR) is 523 cm³/mol. The van der Waals surface area contributed by atoms with Crippen molar-refractivity contribution < 1.29 is 51.2 Å². The van der Waals surface area contributed by atoms with Gasteiger partial charge < -0.3 is 54.3 Å². The topological polar surface area (TPSA) is 632 Å². The van der Waals surface area contributed by atoms with Crippen LogP contribution in [-0.2, 0) is 38.0 Å². The van der Waals surface area contributed by atoms with Crippen molar-refractivity contribution in [3.05, 3.63) is 162 Å². The van der Waals surface area contributed by atoms with Gasteiger partial charge in [-0.1, -0.05) is 175 Å².